The fourth-order valence-corrected chi connectivity index (χ4v) is 4.34. The van der Waals surface area contributed by atoms with Crippen molar-refractivity contribution in [3.8, 4) is 5.75 Å². The van der Waals surface area contributed by atoms with Crippen LogP contribution in [0, 0.1) is 11.8 Å². The van der Waals surface area contributed by atoms with Crippen molar-refractivity contribution >= 4 is 10.9 Å². The van der Waals surface area contributed by atoms with Gasteiger partial charge in [-0.05, 0) is 55.5 Å². The van der Waals surface area contributed by atoms with Gasteiger partial charge in [-0.25, -0.2) is 0 Å². The third-order valence-corrected chi connectivity index (χ3v) is 5.77. The molecule has 5 rings (SSSR count). The molecule has 4 heterocycles. The van der Waals surface area contributed by atoms with Gasteiger partial charge in [0.25, 0.3) is 0 Å². The molecule has 0 radical (unpaired) electrons. The van der Waals surface area contributed by atoms with E-state index < -0.39 is 6.10 Å². The van der Waals surface area contributed by atoms with E-state index in [-0.39, 0.29) is 6.04 Å². The number of rotatable bonds is 4. The molecular weight excluding hydrogens is 300 g/mol. The van der Waals surface area contributed by atoms with E-state index in [9.17, 15) is 5.11 Å². The highest BCUT2D eigenvalue weighted by atomic mass is 16.5. The maximum atomic E-state index is 11.0. The van der Waals surface area contributed by atoms with E-state index in [2.05, 4.69) is 22.5 Å². The summed E-state index contributed by atoms with van der Waals surface area (Å²) in [6, 6.07) is 8.06. The van der Waals surface area contributed by atoms with E-state index in [4.69, 9.17) is 4.74 Å². The molecule has 24 heavy (non-hydrogen) atoms. The second-order valence-electron chi connectivity index (χ2n) is 7.02. The summed E-state index contributed by atoms with van der Waals surface area (Å²) in [5.41, 5.74) is 1.81. The van der Waals surface area contributed by atoms with Crippen molar-refractivity contribution in [3.63, 3.8) is 0 Å². The Hall–Kier alpha value is -1.91. The zero-order valence-corrected chi connectivity index (χ0v) is 14.1. The number of methoxy groups -OCH3 is 1. The van der Waals surface area contributed by atoms with Gasteiger partial charge in [-0.1, -0.05) is 6.08 Å². The molecule has 3 saturated heterocycles. The Bertz CT molecular complexity index is 760. The number of fused-ring (bicyclic) bond motifs is 4. The molecule has 5 atom stereocenters. The van der Waals surface area contributed by atoms with Crippen molar-refractivity contribution in [2.75, 3.05) is 20.2 Å². The van der Waals surface area contributed by atoms with E-state index in [1.165, 1.54) is 6.42 Å². The van der Waals surface area contributed by atoms with Crippen molar-refractivity contribution in [1.29, 1.82) is 0 Å². The highest BCUT2D eigenvalue weighted by Gasteiger charge is 2.42. The molecular formula is C20H24N2O2. The number of aliphatic hydroxyl groups is 1. The number of aliphatic hydroxyl groups excluding tert-OH is 1. The molecule has 3 fully saturated rings. The van der Waals surface area contributed by atoms with E-state index in [0.717, 1.165) is 41.7 Å². The number of aromatic nitrogens is 1. The monoisotopic (exact) mass is 324 g/mol. The summed E-state index contributed by atoms with van der Waals surface area (Å²) in [5.74, 6) is 2.03. The quantitative estimate of drug-likeness (QED) is 0.878. The standard InChI is InChI=1S/C20H24N2O2/c1-3-13-12-22-7-6-14(13)10-19(22)20(23)16-8-15-9-17(24-2)4-5-18(15)21-11-16/h3-5,8-9,11,13-14,19-20,23H,1,6-7,10,12H2,2H3/t13-,14-,19+,20-/m0/s1. The molecule has 1 N–H and O–H groups in total. The lowest BCUT2D eigenvalue weighted by Crippen LogP contribution is -2.54. The number of piperidine rings is 3. The molecule has 3 aliphatic heterocycles. The molecule has 0 spiro atoms. The number of hydrogen-bond acceptors (Lipinski definition) is 4. The summed E-state index contributed by atoms with van der Waals surface area (Å²) in [5, 5.41) is 12.0. The topological polar surface area (TPSA) is 45.6 Å². The van der Waals surface area contributed by atoms with Gasteiger partial charge in [0, 0.05) is 29.7 Å². The van der Waals surface area contributed by atoms with Crippen LogP contribution in [0.5, 0.6) is 5.75 Å². The first kappa shape index (κ1) is 15.6. The van der Waals surface area contributed by atoms with E-state index in [1.54, 1.807) is 7.11 Å². The summed E-state index contributed by atoms with van der Waals surface area (Å²) in [7, 11) is 1.66. The van der Waals surface area contributed by atoms with Gasteiger partial charge in [0.05, 0.1) is 18.7 Å². The summed E-state index contributed by atoms with van der Waals surface area (Å²) in [4.78, 5) is 6.94. The van der Waals surface area contributed by atoms with Crippen LogP contribution < -0.4 is 4.74 Å². The highest BCUT2D eigenvalue weighted by molar-refractivity contribution is 5.80. The van der Waals surface area contributed by atoms with Crippen LogP contribution in [0.2, 0.25) is 0 Å². The summed E-state index contributed by atoms with van der Waals surface area (Å²) >= 11 is 0. The van der Waals surface area contributed by atoms with E-state index in [0.29, 0.717) is 11.8 Å². The second kappa shape index (κ2) is 6.19. The largest absolute Gasteiger partial charge is 0.497 e. The van der Waals surface area contributed by atoms with E-state index >= 15 is 0 Å². The van der Waals surface area contributed by atoms with Gasteiger partial charge in [-0.2, -0.15) is 0 Å². The Morgan fingerprint density at radius 3 is 3.00 bits per heavy atom. The second-order valence-corrected chi connectivity index (χ2v) is 7.02. The minimum Gasteiger partial charge on any atom is -0.497 e. The number of pyridine rings is 1. The van der Waals surface area contributed by atoms with Crippen LogP contribution in [-0.2, 0) is 0 Å². The molecule has 0 aliphatic carbocycles. The SMILES string of the molecule is C=C[C@H]1CN2CC[C@H]1C[C@@H]2[C@@H](O)c1cnc2ccc(OC)cc2c1. The minimum atomic E-state index is -0.498. The minimum absolute atomic E-state index is 0.185. The van der Waals surface area contributed by atoms with Gasteiger partial charge in [-0.3, -0.25) is 9.88 Å². The predicted octanol–water partition coefficient (Wildman–Crippen LogP) is 3.17. The molecule has 126 valence electrons. The Labute approximate surface area is 142 Å². The average Bonchev–Trinajstić information content (AvgIpc) is 2.66. The Kier molecular flexibility index (Phi) is 4.02. The van der Waals surface area contributed by atoms with Crippen molar-refractivity contribution in [1.82, 2.24) is 9.88 Å². The maximum Gasteiger partial charge on any atom is 0.119 e. The van der Waals surface area contributed by atoms with Gasteiger partial charge in [0.1, 0.15) is 5.75 Å². The fraction of sp³-hybridized carbons (Fsp3) is 0.450. The van der Waals surface area contributed by atoms with Gasteiger partial charge in [0.2, 0.25) is 0 Å². The number of ether oxygens (including phenoxy) is 1. The van der Waals surface area contributed by atoms with Crippen LogP contribution in [0.3, 0.4) is 0 Å². The third-order valence-electron chi connectivity index (χ3n) is 5.77. The van der Waals surface area contributed by atoms with Crippen molar-refractivity contribution < 1.29 is 9.84 Å². The fourth-order valence-electron chi connectivity index (χ4n) is 4.34. The van der Waals surface area contributed by atoms with Crippen molar-refractivity contribution in [3.05, 3.63) is 48.7 Å². The van der Waals surface area contributed by atoms with E-state index in [1.807, 2.05) is 30.5 Å². The lowest BCUT2D eigenvalue weighted by molar-refractivity contribution is -0.0449. The molecule has 1 unspecified atom stereocenters. The summed E-state index contributed by atoms with van der Waals surface area (Å²) in [6.07, 6.45) is 5.65. The van der Waals surface area contributed by atoms with Crippen molar-refractivity contribution in [2.24, 2.45) is 11.8 Å². The van der Waals surface area contributed by atoms with Gasteiger partial charge in [-0.15, -0.1) is 6.58 Å². The van der Waals surface area contributed by atoms with Crippen LogP contribution in [0.1, 0.15) is 24.5 Å². The normalized spacial score (nSPS) is 30.2. The van der Waals surface area contributed by atoms with Crippen LogP contribution in [-0.4, -0.2) is 41.2 Å². The molecule has 4 heteroatoms. The molecule has 2 bridgehead atoms. The smallest absolute Gasteiger partial charge is 0.119 e. The molecule has 2 aromatic rings. The van der Waals surface area contributed by atoms with Gasteiger partial charge >= 0.3 is 0 Å². The molecule has 1 aromatic carbocycles. The summed E-state index contributed by atoms with van der Waals surface area (Å²) in [6.45, 7) is 6.06. The first-order chi connectivity index (χ1) is 11.7. The molecule has 1 aromatic heterocycles. The zero-order chi connectivity index (χ0) is 16.7. The van der Waals surface area contributed by atoms with Crippen molar-refractivity contribution in [2.45, 2.75) is 25.0 Å². The highest BCUT2D eigenvalue weighted by Crippen LogP contribution is 2.41. The maximum absolute atomic E-state index is 11.0. The predicted molar refractivity (Wildman–Crippen MR) is 95.0 cm³/mol. The van der Waals surface area contributed by atoms with Crippen LogP contribution in [0.15, 0.2) is 43.1 Å². The molecule has 0 amide bonds. The lowest BCUT2D eigenvalue weighted by Gasteiger charge is -2.50. The van der Waals surface area contributed by atoms with Crippen LogP contribution >= 0.6 is 0 Å². The molecule has 0 saturated carbocycles. The third kappa shape index (κ3) is 2.60. The number of hydrogen-bond donors (Lipinski definition) is 1. The zero-order valence-electron chi connectivity index (χ0n) is 14.1. The average molecular weight is 324 g/mol. The van der Waals surface area contributed by atoms with Crippen LogP contribution in [0.25, 0.3) is 10.9 Å². The Morgan fingerprint density at radius 1 is 1.42 bits per heavy atom. The molecule has 4 nitrogen and oxygen atoms in total. The number of benzene rings is 1. The Balaban J connectivity index is 1.61. The first-order valence-electron chi connectivity index (χ1n) is 8.68. The molecule has 3 aliphatic rings. The Morgan fingerprint density at radius 2 is 2.29 bits per heavy atom. The van der Waals surface area contributed by atoms with Crippen LogP contribution in [0.4, 0.5) is 0 Å². The first-order valence-corrected chi connectivity index (χ1v) is 8.68. The summed E-state index contributed by atoms with van der Waals surface area (Å²) < 4.78 is 5.30. The number of nitrogens with zero attached hydrogens (tertiary/aromatic N) is 2. The van der Waals surface area contributed by atoms with Gasteiger partial charge < -0.3 is 9.84 Å². The van der Waals surface area contributed by atoms with Gasteiger partial charge in [0.15, 0.2) is 0 Å². The lowest BCUT2D eigenvalue weighted by atomic mass is 9.74.